The van der Waals surface area contributed by atoms with Crippen LogP contribution < -0.4 is 70.8 Å². The van der Waals surface area contributed by atoms with E-state index in [-0.39, 0.29) is 49.7 Å². The highest BCUT2D eigenvalue weighted by Gasteiger charge is 2.37. The van der Waals surface area contributed by atoms with E-state index in [0.29, 0.717) is 19.4 Å². The molecule has 20 N–H and O–H groups in total. The summed E-state index contributed by atoms with van der Waals surface area (Å²) in [5.74, 6) is -13.2. The minimum absolute atomic E-state index is 0.0553. The Balaban J connectivity index is 6.19. The second kappa shape index (κ2) is 34.3. The fourth-order valence-corrected chi connectivity index (χ4v) is 7.14. The van der Waals surface area contributed by atoms with E-state index in [1.54, 1.807) is 27.7 Å². The molecular weight excluding hydrogens is 995 g/mol. The third-order valence-electron chi connectivity index (χ3n) is 11.0. The number of aliphatic hydroxyl groups excluding tert-OH is 2. The second-order valence-electron chi connectivity index (χ2n) is 19.1. The lowest BCUT2D eigenvalue weighted by atomic mass is 10.0. The average Bonchev–Trinajstić information content (AvgIpc) is 3.29. The fourth-order valence-electron chi connectivity index (χ4n) is 6.88. The highest BCUT2D eigenvalue weighted by atomic mass is 32.1. The monoisotopic (exact) mass is 1080 g/mol. The maximum absolute atomic E-state index is 13.8. The van der Waals surface area contributed by atoms with Crippen LogP contribution in [0.4, 0.5) is 0 Å². The minimum Gasteiger partial charge on any atom is -0.480 e. The highest BCUT2D eigenvalue weighted by Crippen LogP contribution is 2.11. The second-order valence-corrected chi connectivity index (χ2v) is 19.4. The molecule has 0 rings (SSSR count). The third kappa shape index (κ3) is 25.7. The maximum Gasteiger partial charge on any atom is 0.326 e. The van der Waals surface area contributed by atoms with Gasteiger partial charge >= 0.3 is 5.97 Å². The van der Waals surface area contributed by atoms with Crippen molar-refractivity contribution in [2.75, 3.05) is 18.9 Å². The van der Waals surface area contributed by atoms with Crippen LogP contribution in [0.1, 0.15) is 107 Å². The number of hydrogen-bond donors (Lipinski definition) is 17. The standard InChI is InChI=1S/C45H81N13O15S/c1-20(2)15-28(39(66)50-23(7)36(63)52-27(45(72)73)11-9-10-14-46)54-42(69)31(19-74)56-44(71)35(24(8)60)58-40(67)29(16-21(3)4)53-41(68)30(18-59)55-43(70)34(22(5)6)57-38(65)26(12-13-32(48)61)51-37(64)25(47)17-33(49)62/h20-31,34-35,59-60,74H,9-19,46-47H2,1-8H3,(H2,48,61)(H2,49,62)(H,50,66)(H,51,64)(H,52,63)(H,53,68)(H,54,69)(H,55,70)(H,56,71)(H,57,65)(H,58,67)(H,72,73)/t23-,24+,25-,26-,27-,28-,29-,30-,31-,34-,35-/m0/s1. The molecule has 0 aromatic heterocycles. The number of nitrogens with two attached hydrogens (primary N) is 4. The fraction of sp³-hybridized carbons (Fsp3) is 0.733. The van der Waals surface area contributed by atoms with Gasteiger partial charge in [-0.3, -0.25) is 52.7 Å². The van der Waals surface area contributed by atoms with Crippen LogP contribution >= 0.6 is 12.6 Å². The lowest BCUT2D eigenvalue weighted by Crippen LogP contribution is -2.63. The Labute approximate surface area is 436 Å². The molecule has 0 fully saturated rings. The number of amides is 11. The van der Waals surface area contributed by atoms with Crippen molar-refractivity contribution < 1.29 is 72.9 Å². The number of carboxylic acid groups (broad SMARTS) is 1. The largest absolute Gasteiger partial charge is 0.480 e. The lowest BCUT2D eigenvalue weighted by Gasteiger charge is -2.29. The van der Waals surface area contributed by atoms with Crippen molar-refractivity contribution in [1.82, 2.24) is 47.9 Å². The van der Waals surface area contributed by atoms with Crippen molar-refractivity contribution in [1.29, 1.82) is 0 Å². The molecule has 29 heteroatoms. The number of aliphatic carboxylic acids is 1. The number of carboxylic acids is 1. The molecule has 11 atom stereocenters. The first-order chi connectivity index (χ1) is 34.4. The van der Waals surface area contributed by atoms with Gasteiger partial charge in [-0.2, -0.15) is 12.6 Å². The molecule has 0 saturated heterocycles. The van der Waals surface area contributed by atoms with Gasteiger partial charge in [0.1, 0.15) is 54.4 Å². The van der Waals surface area contributed by atoms with Gasteiger partial charge in [0.2, 0.25) is 65.0 Å². The van der Waals surface area contributed by atoms with Crippen LogP contribution in [0.15, 0.2) is 0 Å². The summed E-state index contributed by atoms with van der Waals surface area (Å²) in [7, 11) is 0. The molecule has 422 valence electrons. The smallest absolute Gasteiger partial charge is 0.326 e. The van der Waals surface area contributed by atoms with Gasteiger partial charge in [0, 0.05) is 12.2 Å². The van der Waals surface area contributed by atoms with Gasteiger partial charge < -0.3 is 86.1 Å². The molecule has 11 amide bonds. The molecule has 0 unspecified atom stereocenters. The molecule has 0 aliphatic rings. The Kier molecular flexibility index (Phi) is 31.5. The molecule has 0 radical (unpaired) electrons. The first kappa shape index (κ1) is 67.8. The van der Waals surface area contributed by atoms with Gasteiger partial charge in [0.15, 0.2) is 0 Å². The summed E-state index contributed by atoms with van der Waals surface area (Å²) < 4.78 is 0. The van der Waals surface area contributed by atoms with Crippen LogP contribution in [-0.4, -0.2) is 172 Å². The topological polar surface area (TPSA) is 478 Å². The van der Waals surface area contributed by atoms with E-state index in [0.717, 1.165) is 6.92 Å². The van der Waals surface area contributed by atoms with Crippen molar-refractivity contribution in [3.63, 3.8) is 0 Å². The Morgan fingerprint density at radius 1 is 0.500 bits per heavy atom. The molecule has 0 aliphatic heterocycles. The molecule has 0 saturated carbocycles. The lowest BCUT2D eigenvalue weighted by molar-refractivity contribution is -0.142. The van der Waals surface area contributed by atoms with Crippen molar-refractivity contribution in [3.05, 3.63) is 0 Å². The van der Waals surface area contributed by atoms with E-state index in [9.17, 15) is 72.9 Å². The number of carbonyl (C=O) groups excluding carboxylic acids is 11. The van der Waals surface area contributed by atoms with Gasteiger partial charge in [-0.15, -0.1) is 0 Å². The van der Waals surface area contributed by atoms with Crippen molar-refractivity contribution >= 4 is 83.6 Å². The molecule has 28 nitrogen and oxygen atoms in total. The predicted molar refractivity (Wildman–Crippen MR) is 270 cm³/mol. The van der Waals surface area contributed by atoms with Gasteiger partial charge in [-0.05, 0) is 76.7 Å². The zero-order valence-electron chi connectivity index (χ0n) is 43.4. The van der Waals surface area contributed by atoms with Crippen LogP contribution in [0, 0.1) is 17.8 Å². The summed E-state index contributed by atoms with van der Waals surface area (Å²) in [6.07, 6.45) is -1.88. The summed E-state index contributed by atoms with van der Waals surface area (Å²) >= 11 is 4.18. The van der Waals surface area contributed by atoms with Crippen LogP contribution in [0.3, 0.4) is 0 Å². The van der Waals surface area contributed by atoms with Crippen LogP contribution in [0.25, 0.3) is 0 Å². The number of nitrogens with one attached hydrogen (secondary N) is 9. The SMILES string of the molecule is CC(C)C[C@H](NC(=O)[C@H](CS)NC(=O)[C@@H](NC(=O)[C@H](CC(C)C)NC(=O)[C@H](CO)NC(=O)[C@@H](NC(=O)[C@H](CCC(N)=O)NC(=O)[C@@H](N)CC(N)=O)C(C)C)[C@@H](C)O)C(=O)N[C@@H](C)C(=O)N[C@@H](CCCCN)C(=O)O. The molecule has 0 aromatic carbocycles. The Morgan fingerprint density at radius 3 is 1.38 bits per heavy atom. The number of carbonyl (C=O) groups is 12. The Bertz CT molecular complexity index is 1940. The predicted octanol–water partition coefficient (Wildman–Crippen LogP) is -5.90. The van der Waals surface area contributed by atoms with Crippen molar-refractivity contribution in [2.45, 2.75) is 173 Å². The average molecular weight is 1080 g/mol. The molecule has 0 bridgehead atoms. The quantitative estimate of drug-likeness (QED) is 0.0205. The number of hydrogen-bond acceptors (Lipinski definition) is 17. The number of thiol groups is 1. The zero-order chi connectivity index (χ0) is 57.2. The summed E-state index contributed by atoms with van der Waals surface area (Å²) in [5.41, 5.74) is 21.5. The molecule has 0 heterocycles. The summed E-state index contributed by atoms with van der Waals surface area (Å²) in [4.78, 5) is 155. The van der Waals surface area contributed by atoms with Gasteiger partial charge in [0.05, 0.1) is 25.2 Å². The van der Waals surface area contributed by atoms with E-state index in [1.807, 2.05) is 0 Å². The third-order valence-corrected chi connectivity index (χ3v) is 11.4. The molecule has 0 aromatic rings. The van der Waals surface area contributed by atoms with Crippen LogP contribution in [-0.2, 0) is 57.5 Å². The summed E-state index contributed by atoms with van der Waals surface area (Å²) in [6.45, 7) is 11.7. The summed E-state index contributed by atoms with van der Waals surface area (Å²) in [6, 6.07) is -14.5. The van der Waals surface area contributed by atoms with E-state index in [1.165, 1.54) is 20.8 Å². The normalized spacial score (nSPS) is 15.7. The first-order valence-electron chi connectivity index (χ1n) is 24.3. The van der Waals surface area contributed by atoms with Crippen LogP contribution in [0.2, 0.25) is 0 Å². The Morgan fingerprint density at radius 2 is 0.932 bits per heavy atom. The number of unbranched alkanes of at least 4 members (excludes halogenated alkanes) is 1. The van der Waals surface area contributed by atoms with Gasteiger partial charge in [-0.25, -0.2) is 4.79 Å². The van der Waals surface area contributed by atoms with Crippen molar-refractivity contribution in [2.24, 2.45) is 40.7 Å². The van der Waals surface area contributed by atoms with Crippen LogP contribution in [0.5, 0.6) is 0 Å². The van der Waals surface area contributed by atoms with Crippen molar-refractivity contribution in [3.8, 4) is 0 Å². The number of rotatable bonds is 36. The van der Waals surface area contributed by atoms with E-state index in [4.69, 9.17) is 22.9 Å². The van der Waals surface area contributed by atoms with E-state index < -0.39 is 156 Å². The molecular formula is C45H81N13O15S. The number of primary amides is 2. The van der Waals surface area contributed by atoms with E-state index >= 15 is 0 Å². The molecule has 0 aliphatic carbocycles. The van der Waals surface area contributed by atoms with Gasteiger partial charge in [0.25, 0.3) is 0 Å². The first-order valence-corrected chi connectivity index (χ1v) is 24.9. The minimum atomic E-state index is -1.76. The van der Waals surface area contributed by atoms with E-state index in [2.05, 4.69) is 60.5 Å². The van der Waals surface area contributed by atoms with Gasteiger partial charge in [-0.1, -0.05) is 41.5 Å². The molecule has 74 heavy (non-hydrogen) atoms. The maximum atomic E-state index is 13.8. The number of aliphatic hydroxyl groups is 2. The highest BCUT2D eigenvalue weighted by molar-refractivity contribution is 7.80. The summed E-state index contributed by atoms with van der Waals surface area (Å²) in [5, 5.41) is 52.0. The zero-order valence-corrected chi connectivity index (χ0v) is 44.3. The molecule has 0 spiro atoms. The Hall–Kier alpha value is -6.17.